The molecule has 8 rings (SSSR count). The molecule has 3 N–H and O–H groups in total. The van der Waals surface area contributed by atoms with E-state index in [1.165, 1.54) is 17.7 Å². The normalized spacial score (nSPS) is 33.2. The van der Waals surface area contributed by atoms with Crippen LogP contribution < -0.4 is 16.0 Å². The Morgan fingerprint density at radius 2 is 2.03 bits per heavy atom. The van der Waals surface area contributed by atoms with Gasteiger partial charge in [-0.3, -0.25) is 0 Å². The van der Waals surface area contributed by atoms with Gasteiger partial charge in [0.15, 0.2) is 11.5 Å². The van der Waals surface area contributed by atoms with Crippen molar-refractivity contribution in [1.29, 1.82) is 0 Å². The van der Waals surface area contributed by atoms with E-state index in [4.69, 9.17) is 20.6 Å². The first-order chi connectivity index (χ1) is 16.9. The summed E-state index contributed by atoms with van der Waals surface area (Å²) in [6.07, 6.45) is 7.75. The van der Waals surface area contributed by atoms with Gasteiger partial charge in [-0.05, 0) is 56.2 Å². The third-order valence-corrected chi connectivity index (χ3v) is 9.41. The molecule has 2 saturated carbocycles. The number of nitrogens with one attached hydrogen (secondary N) is 1. The van der Waals surface area contributed by atoms with Crippen LogP contribution in [0.25, 0.3) is 5.65 Å². The van der Waals surface area contributed by atoms with Crippen LogP contribution >= 0.6 is 0 Å². The number of nitrogens with two attached hydrogens (primary N) is 1. The van der Waals surface area contributed by atoms with Crippen LogP contribution in [0, 0.1) is 12.8 Å². The quantitative estimate of drug-likeness (QED) is 0.573. The van der Waals surface area contributed by atoms with Crippen LogP contribution in [0.4, 0.5) is 5.69 Å². The molecule has 5 heterocycles. The van der Waals surface area contributed by atoms with E-state index in [0.29, 0.717) is 5.92 Å². The number of aryl methyl sites for hydroxylation is 1. The minimum Gasteiger partial charge on any atom is -0.369 e. The van der Waals surface area contributed by atoms with E-state index in [1.54, 1.807) is 0 Å². The fraction of sp³-hybridized carbons (Fsp3) is 0.571. The molecular formula is C28H36N6O. The van der Waals surface area contributed by atoms with Gasteiger partial charge in [0.25, 0.3) is 0 Å². The Morgan fingerprint density at radius 3 is 2.77 bits per heavy atom. The number of fused-ring (bicyclic) bond motifs is 2. The molecule has 2 bridgehead atoms. The summed E-state index contributed by atoms with van der Waals surface area (Å²) in [4.78, 5) is 7.51. The number of ether oxygens (including phenoxy) is 1. The second kappa shape index (κ2) is 7.51. The number of hydrogen-bond donors (Lipinski definition) is 2. The van der Waals surface area contributed by atoms with Crippen molar-refractivity contribution >= 4 is 11.3 Å². The molecule has 3 saturated heterocycles. The second-order valence-corrected chi connectivity index (χ2v) is 11.9. The molecule has 0 radical (unpaired) electrons. The highest BCUT2D eigenvalue weighted by atomic mass is 16.5. The third-order valence-electron chi connectivity index (χ3n) is 9.41. The zero-order valence-electron chi connectivity index (χ0n) is 20.8. The first-order valence-corrected chi connectivity index (χ1v) is 13.2. The lowest BCUT2D eigenvalue weighted by molar-refractivity contribution is -0.0442. The molecule has 2 aromatic heterocycles. The predicted octanol–water partition coefficient (Wildman–Crippen LogP) is 3.29. The largest absolute Gasteiger partial charge is 0.369 e. The van der Waals surface area contributed by atoms with Gasteiger partial charge < -0.3 is 20.7 Å². The molecule has 3 unspecified atom stereocenters. The number of nitrogens with zero attached hydrogens (tertiary/aromatic N) is 4. The summed E-state index contributed by atoms with van der Waals surface area (Å²) in [6, 6.07) is 13.4. The zero-order valence-corrected chi connectivity index (χ0v) is 20.8. The molecular weight excluding hydrogens is 436 g/mol. The van der Waals surface area contributed by atoms with E-state index in [-0.39, 0.29) is 17.0 Å². The molecule has 5 fully saturated rings. The highest BCUT2D eigenvalue weighted by Gasteiger charge is 2.64. The maximum absolute atomic E-state index is 6.49. The molecule has 7 heteroatoms. The van der Waals surface area contributed by atoms with E-state index in [9.17, 15) is 0 Å². The van der Waals surface area contributed by atoms with Crippen LogP contribution in [0.5, 0.6) is 0 Å². The maximum atomic E-state index is 6.49. The van der Waals surface area contributed by atoms with Gasteiger partial charge in [-0.1, -0.05) is 37.3 Å². The van der Waals surface area contributed by atoms with Crippen molar-refractivity contribution in [3.63, 3.8) is 0 Å². The standard InChI is InChI=1S/C28H36N6O/c1-19-13-22(33-12-11-26(2,18-33)21-7-4-3-5-8-21)15-34-24(19)31-25(32-34)28-14-20(16-35-28)23(28)30-17-27(29)9-6-10-27/h3-5,7-8,13,15,20,23,30H,6,9-12,14,16-18,29H2,1-2H3/t20?,23?,26-,28?/m0/s1. The molecule has 0 spiro atoms. The van der Waals surface area contributed by atoms with Gasteiger partial charge in [0, 0.05) is 42.5 Å². The van der Waals surface area contributed by atoms with Gasteiger partial charge in [-0.15, -0.1) is 5.10 Å². The molecule has 1 aromatic carbocycles. The van der Waals surface area contributed by atoms with Gasteiger partial charge in [0.1, 0.15) is 5.60 Å². The van der Waals surface area contributed by atoms with Gasteiger partial charge in [0.2, 0.25) is 0 Å². The van der Waals surface area contributed by atoms with Gasteiger partial charge in [-0.25, -0.2) is 9.50 Å². The molecule has 35 heavy (non-hydrogen) atoms. The Balaban J connectivity index is 1.15. The molecule has 0 amide bonds. The van der Waals surface area contributed by atoms with E-state index < -0.39 is 5.60 Å². The lowest BCUT2D eigenvalue weighted by Gasteiger charge is -2.46. The molecule has 3 aromatic rings. The Bertz CT molecular complexity index is 1270. The molecule has 3 aliphatic heterocycles. The minimum absolute atomic E-state index is 0.0436. The summed E-state index contributed by atoms with van der Waals surface area (Å²) in [5.41, 5.74) is 10.9. The fourth-order valence-electron chi connectivity index (χ4n) is 6.90. The van der Waals surface area contributed by atoms with Gasteiger partial charge >= 0.3 is 0 Å². The van der Waals surface area contributed by atoms with Crippen molar-refractivity contribution in [2.45, 2.75) is 68.5 Å². The molecule has 2 aliphatic carbocycles. The zero-order chi connectivity index (χ0) is 23.8. The first kappa shape index (κ1) is 21.8. The van der Waals surface area contributed by atoms with Crippen LogP contribution in [0.15, 0.2) is 42.6 Å². The average molecular weight is 473 g/mol. The van der Waals surface area contributed by atoms with Gasteiger partial charge in [-0.2, -0.15) is 0 Å². The monoisotopic (exact) mass is 472 g/mol. The third kappa shape index (κ3) is 3.28. The van der Waals surface area contributed by atoms with Gasteiger partial charge in [0.05, 0.1) is 18.5 Å². The second-order valence-electron chi connectivity index (χ2n) is 11.9. The van der Waals surface area contributed by atoms with Crippen molar-refractivity contribution in [2.24, 2.45) is 11.7 Å². The van der Waals surface area contributed by atoms with Crippen LogP contribution in [-0.4, -0.2) is 52.4 Å². The summed E-state index contributed by atoms with van der Waals surface area (Å²) < 4.78 is 8.34. The summed E-state index contributed by atoms with van der Waals surface area (Å²) in [6.45, 7) is 8.20. The maximum Gasteiger partial charge on any atom is 0.185 e. The molecule has 184 valence electrons. The van der Waals surface area contributed by atoms with Crippen molar-refractivity contribution in [3.05, 3.63) is 59.5 Å². The lowest BCUT2D eigenvalue weighted by Crippen LogP contribution is -2.63. The predicted molar refractivity (Wildman–Crippen MR) is 137 cm³/mol. The number of pyridine rings is 1. The Morgan fingerprint density at radius 1 is 1.20 bits per heavy atom. The SMILES string of the molecule is Cc1cc(N2CC[C@](C)(c3ccccc3)C2)cn2nc(C34CC(CO3)C4NCC3(N)CCC3)nc12. The van der Waals surface area contributed by atoms with Crippen LogP contribution in [0.1, 0.15) is 56.0 Å². The minimum atomic E-state index is -0.414. The van der Waals surface area contributed by atoms with E-state index >= 15 is 0 Å². The van der Waals surface area contributed by atoms with Crippen LogP contribution in [-0.2, 0) is 15.8 Å². The molecule has 7 nitrogen and oxygen atoms in total. The number of rotatable bonds is 6. The highest BCUT2D eigenvalue weighted by Crippen LogP contribution is 2.54. The van der Waals surface area contributed by atoms with Crippen molar-refractivity contribution in [2.75, 3.05) is 31.1 Å². The average Bonchev–Trinajstić information content (AvgIpc) is 3.60. The molecule has 5 aliphatic rings. The van der Waals surface area contributed by atoms with E-state index in [2.05, 4.69) is 66.7 Å². The van der Waals surface area contributed by atoms with Crippen molar-refractivity contribution in [3.8, 4) is 0 Å². The Hall–Kier alpha value is -2.48. The van der Waals surface area contributed by atoms with Crippen molar-refractivity contribution in [1.82, 2.24) is 19.9 Å². The summed E-state index contributed by atoms with van der Waals surface area (Å²) >= 11 is 0. The smallest absolute Gasteiger partial charge is 0.185 e. The first-order valence-electron chi connectivity index (χ1n) is 13.2. The molecule has 4 atom stereocenters. The summed E-state index contributed by atoms with van der Waals surface area (Å²) in [7, 11) is 0. The van der Waals surface area contributed by atoms with Crippen molar-refractivity contribution < 1.29 is 4.74 Å². The van der Waals surface area contributed by atoms with Crippen LogP contribution in [0.2, 0.25) is 0 Å². The number of aromatic nitrogens is 3. The fourth-order valence-corrected chi connectivity index (χ4v) is 6.90. The number of anilines is 1. The summed E-state index contributed by atoms with van der Waals surface area (Å²) in [5, 5.41) is 8.76. The topological polar surface area (TPSA) is 80.7 Å². The Labute approximate surface area is 207 Å². The van der Waals surface area contributed by atoms with E-state index in [0.717, 1.165) is 69.0 Å². The number of benzene rings is 1. The number of hydrogen-bond acceptors (Lipinski definition) is 6. The van der Waals surface area contributed by atoms with Crippen LogP contribution in [0.3, 0.4) is 0 Å². The summed E-state index contributed by atoms with van der Waals surface area (Å²) in [5.74, 6) is 1.35. The highest BCUT2D eigenvalue weighted by molar-refractivity contribution is 5.58. The lowest BCUT2D eigenvalue weighted by atomic mass is 9.68. The van der Waals surface area contributed by atoms with E-state index in [1.807, 2.05) is 4.52 Å². The Kier molecular flexibility index (Phi) is 4.67.